The van der Waals surface area contributed by atoms with Crippen molar-refractivity contribution in [1.29, 1.82) is 0 Å². The summed E-state index contributed by atoms with van der Waals surface area (Å²) in [5, 5.41) is 0. The topological polar surface area (TPSA) is 43.9 Å². The number of hydrogen-bond donors (Lipinski definition) is 0. The molecule has 2 aromatic carbocycles. The van der Waals surface area contributed by atoms with Gasteiger partial charge < -0.3 is 9.80 Å². The lowest BCUT2D eigenvalue weighted by Gasteiger charge is -2.30. The van der Waals surface area contributed by atoms with Gasteiger partial charge in [-0.3, -0.25) is 9.69 Å². The molecule has 3 amide bonds. The van der Waals surface area contributed by atoms with Crippen molar-refractivity contribution in [2.24, 2.45) is 0 Å². The summed E-state index contributed by atoms with van der Waals surface area (Å²) < 4.78 is 0. The van der Waals surface area contributed by atoms with E-state index < -0.39 is 0 Å². The zero-order valence-corrected chi connectivity index (χ0v) is 15.0. The van der Waals surface area contributed by atoms with E-state index in [0.29, 0.717) is 19.6 Å². The summed E-state index contributed by atoms with van der Waals surface area (Å²) in [5.41, 5.74) is 4.58. The van der Waals surface area contributed by atoms with Crippen LogP contribution in [0.25, 0.3) is 0 Å². The van der Waals surface area contributed by atoms with E-state index in [0.717, 1.165) is 24.2 Å². The summed E-state index contributed by atoms with van der Waals surface area (Å²) in [6.07, 6.45) is 0.880. The Balaban J connectivity index is 1.39. The SMILES string of the molecule is Cc1ccc(N2CCN(CC(=O)N3CCc4ccccc4C3)C2=O)cc1. The third kappa shape index (κ3) is 3.17. The molecule has 26 heavy (non-hydrogen) atoms. The maximum absolute atomic E-state index is 12.7. The largest absolute Gasteiger partial charge is 0.336 e. The van der Waals surface area contributed by atoms with Crippen molar-refractivity contribution in [3.63, 3.8) is 0 Å². The molecular weight excluding hydrogens is 326 g/mol. The van der Waals surface area contributed by atoms with Crippen molar-refractivity contribution in [2.45, 2.75) is 19.9 Å². The van der Waals surface area contributed by atoms with Crippen LogP contribution < -0.4 is 4.90 Å². The molecule has 1 saturated heterocycles. The van der Waals surface area contributed by atoms with Crippen molar-refractivity contribution < 1.29 is 9.59 Å². The molecule has 0 aliphatic carbocycles. The van der Waals surface area contributed by atoms with Gasteiger partial charge in [-0.25, -0.2) is 4.79 Å². The van der Waals surface area contributed by atoms with Gasteiger partial charge >= 0.3 is 6.03 Å². The number of benzene rings is 2. The van der Waals surface area contributed by atoms with Crippen LogP contribution in [-0.4, -0.2) is 47.9 Å². The summed E-state index contributed by atoms with van der Waals surface area (Å²) in [7, 11) is 0. The molecule has 0 bridgehead atoms. The zero-order valence-electron chi connectivity index (χ0n) is 15.0. The van der Waals surface area contributed by atoms with Crippen molar-refractivity contribution in [1.82, 2.24) is 9.80 Å². The van der Waals surface area contributed by atoms with Crippen LogP contribution >= 0.6 is 0 Å². The smallest absolute Gasteiger partial charge is 0.325 e. The highest BCUT2D eigenvalue weighted by Crippen LogP contribution is 2.22. The first kappa shape index (κ1) is 16.6. The summed E-state index contributed by atoms with van der Waals surface area (Å²) in [6.45, 7) is 4.75. The number of nitrogens with zero attached hydrogens (tertiary/aromatic N) is 3. The van der Waals surface area contributed by atoms with Gasteiger partial charge in [0.05, 0.1) is 0 Å². The summed E-state index contributed by atoms with van der Waals surface area (Å²) in [4.78, 5) is 30.7. The number of aryl methyl sites for hydroxylation is 1. The van der Waals surface area contributed by atoms with Crippen molar-refractivity contribution in [3.05, 3.63) is 65.2 Å². The van der Waals surface area contributed by atoms with E-state index in [1.807, 2.05) is 48.2 Å². The van der Waals surface area contributed by atoms with Gasteiger partial charge in [0.25, 0.3) is 0 Å². The Hall–Kier alpha value is -2.82. The molecule has 5 nitrogen and oxygen atoms in total. The molecule has 4 rings (SSSR count). The predicted molar refractivity (Wildman–Crippen MR) is 101 cm³/mol. The Morgan fingerprint density at radius 3 is 2.46 bits per heavy atom. The number of anilines is 1. The van der Waals surface area contributed by atoms with Crippen LogP contribution in [0.3, 0.4) is 0 Å². The van der Waals surface area contributed by atoms with E-state index >= 15 is 0 Å². The molecule has 1 fully saturated rings. The fourth-order valence-electron chi connectivity index (χ4n) is 3.67. The van der Waals surface area contributed by atoms with Crippen molar-refractivity contribution >= 4 is 17.6 Å². The van der Waals surface area contributed by atoms with Gasteiger partial charge in [-0.15, -0.1) is 0 Å². The first-order chi connectivity index (χ1) is 12.6. The van der Waals surface area contributed by atoms with Gasteiger partial charge in [0.2, 0.25) is 5.91 Å². The van der Waals surface area contributed by atoms with E-state index in [1.54, 1.807) is 9.80 Å². The van der Waals surface area contributed by atoms with Gasteiger partial charge in [-0.1, -0.05) is 42.0 Å². The van der Waals surface area contributed by atoms with E-state index in [1.165, 1.54) is 11.1 Å². The Kier molecular flexibility index (Phi) is 4.37. The molecule has 0 N–H and O–H groups in total. The van der Waals surface area contributed by atoms with Crippen LogP contribution in [0.15, 0.2) is 48.5 Å². The number of urea groups is 1. The van der Waals surface area contributed by atoms with Crippen molar-refractivity contribution in [2.75, 3.05) is 31.1 Å². The Bertz CT molecular complexity index is 831. The van der Waals surface area contributed by atoms with Crippen molar-refractivity contribution in [3.8, 4) is 0 Å². The van der Waals surface area contributed by atoms with Gasteiger partial charge in [-0.2, -0.15) is 0 Å². The molecule has 0 radical (unpaired) electrons. The van der Waals surface area contributed by atoms with Gasteiger partial charge in [0, 0.05) is 31.9 Å². The van der Waals surface area contributed by atoms with E-state index in [2.05, 4.69) is 12.1 Å². The molecule has 0 saturated carbocycles. The molecule has 5 heteroatoms. The first-order valence-corrected chi connectivity index (χ1v) is 9.09. The van der Waals surface area contributed by atoms with Crippen LogP contribution in [0.4, 0.5) is 10.5 Å². The molecule has 0 spiro atoms. The maximum atomic E-state index is 12.7. The third-order valence-electron chi connectivity index (χ3n) is 5.25. The number of hydrogen-bond acceptors (Lipinski definition) is 2. The highest BCUT2D eigenvalue weighted by atomic mass is 16.2. The molecular formula is C21H23N3O2. The highest BCUT2D eigenvalue weighted by Gasteiger charge is 2.32. The number of rotatable bonds is 3. The Labute approximate surface area is 153 Å². The second-order valence-electron chi connectivity index (χ2n) is 7.03. The maximum Gasteiger partial charge on any atom is 0.325 e. The number of carbonyl (C=O) groups is 2. The Morgan fingerprint density at radius 2 is 1.69 bits per heavy atom. The molecule has 2 aliphatic heterocycles. The molecule has 2 aromatic rings. The lowest BCUT2D eigenvalue weighted by Crippen LogP contribution is -2.44. The lowest BCUT2D eigenvalue weighted by molar-refractivity contribution is -0.132. The average molecular weight is 349 g/mol. The fourth-order valence-corrected chi connectivity index (χ4v) is 3.67. The highest BCUT2D eigenvalue weighted by molar-refractivity contribution is 5.96. The summed E-state index contributed by atoms with van der Waals surface area (Å²) >= 11 is 0. The monoisotopic (exact) mass is 349 g/mol. The number of amides is 3. The second-order valence-corrected chi connectivity index (χ2v) is 7.03. The molecule has 0 aromatic heterocycles. The third-order valence-corrected chi connectivity index (χ3v) is 5.25. The predicted octanol–water partition coefficient (Wildman–Crippen LogP) is 2.82. The Morgan fingerprint density at radius 1 is 0.962 bits per heavy atom. The average Bonchev–Trinajstić information content (AvgIpc) is 3.02. The zero-order chi connectivity index (χ0) is 18.1. The van der Waals surface area contributed by atoms with E-state index in [4.69, 9.17) is 0 Å². The minimum atomic E-state index is -0.0837. The van der Waals surface area contributed by atoms with Crippen LogP contribution in [0.5, 0.6) is 0 Å². The standard InChI is InChI=1S/C21H23N3O2/c1-16-6-8-19(9-7-16)24-13-12-23(21(24)26)15-20(25)22-11-10-17-4-2-3-5-18(17)14-22/h2-9H,10-15H2,1H3. The van der Waals surface area contributed by atoms with Crippen LogP contribution in [0.1, 0.15) is 16.7 Å². The first-order valence-electron chi connectivity index (χ1n) is 9.09. The molecule has 0 unspecified atom stereocenters. The normalized spacial score (nSPS) is 16.8. The molecule has 2 aliphatic rings. The number of carbonyl (C=O) groups excluding carboxylic acids is 2. The van der Waals surface area contributed by atoms with E-state index in [9.17, 15) is 9.59 Å². The summed E-state index contributed by atoms with van der Waals surface area (Å²) in [6, 6.07) is 16.1. The van der Waals surface area contributed by atoms with Crippen LogP contribution in [0.2, 0.25) is 0 Å². The number of fused-ring (bicyclic) bond motifs is 1. The lowest BCUT2D eigenvalue weighted by atomic mass is 10.00. The minimum absolute atomic E-state index is 0.0265. The molecule has 134 valence electrons. The molecule has 2 heterocycles. The molecule has 0 atom stereocenters. The second kappa shape index (κ2) is 6.83. The van der Waals surface area contributed by atoms with Gasteiger partial charge in [-0.05, 0) is 36.6 Å². The minimum Gasteiger partial charge on any atom is -0.336 e. The summed E-state index contributed by atoms with van der Waals surface area (Å²) in [5.74, 6) is 0.0265. The van der Waals surface area contributed by atoms with Gasteiger partial charge in [0.15, 0.2) is 0 Å². The van der Waals surface area contributed by atoms with Gasteiger partial charge in [0.1, 0.15) is 6.54 Å². The van der Waals surface area contributed by atoms with Crippen LogP contribution in [0, 0.1) is 6.92 Å². The van der Waals surface area contributed by atoms with E-state index in [-0.39, 0.29) is 18.5 Å². The fraction of sp³-hybridized carbons (Fsp3) is 0.333. The van der Waals surface area contributed by atoms with Crippen LogP contribution in [-0.2, 0) is 17.8 Å². The quantitative estimate of drug-likeness (QED) is 0.855.